The molecule has 0 saturated carbocycles. The van der Waals surface area contributed by atoms with Gasteiger partial charge in [0.2, 0.25) is 0 Å². The SMILES string of the molecule is CCc1nc(NCCc2nc(C(=O)O)cs2)cc(=O)[nH]1. The number of aromatic amines is 1. The van der Waals surface area contributed by atoms with Crippen molar-refractivity contribution >= 4 is 23.1 Å². The highest BCUT2D eigenvalue weighted by atomic mass is 32.1. The summed E-state index contributed by atoms with van der Waals surface area (Å²) in [5, 5.41) is 14.0. The van der Waals surface area contributed by atoms with Gasteiger partial charge in [0.05, 0.1) is 5.01 Å². The summed E-state index contributed by atoms with van der Waals surface area (Å²) >= 11 is 1.30. The van der Waals surface area contributed by atoms with Crippen LogP contribution < -0.4 is 10.9 Å². The Labute approximate surface area is 118 Å². The molecule has 0 atom stereocenters. The van der Waals surface area contributed by atoms with Gasteiger partial charge in [-0.15, -0.1) is 11.3 Å². The molecule has 0 unspecified atom stereocenters. The zero-order valence-corrected chi connectivity index (χ0v) is 11.7. The van der Waals surface area contributed by atoms with E-state index in [0.717, 1.165) is 5.01 Å². The van der Waals surface area contributed by atoms with Crippen molar-refractivity contribution in [3.8, 4) is 0 Å². The Bertz CT molecular complexity index is 665. The topological polar surface area (TPSA) is 108 Å². The number of hydrogen-bond donors (Lipinski definition) is 3. The van der Waals surface area contributed by atoms with E-state index in [9.17, 15) is 9.59 Å². The van der Waals surface area contributed by atoms with Gasteiger partial charge in [-0.1, -0.05) is 6.92 Å². The van der Waals surface area contributed by atoms with Gasteiger partial charge in [0.15, 0.2) is 5.69 Å². The molecule has 8 heteroatoms. The van der Waals surface area contributed by atoms with Crippen LogP contribution in [0.5, 0.6) is 0 Å². The molecule has 106 valence electrons. The van der Waals surface area contributed by atoms with E-state index < -0.39 is 5.97 Å². The number of H-pyrrole nitrogens is 1. The van der Waals surface area contributed by atoms with Crippen LogP contribution in [0.3, 0.4) is 0 Å². The van der Waals surface area contributed by atoms with Crippen LogP contribution in [-0.4, -0.2) is 32.6 Å². The van der Waals surface area contributed by atoms with Crippen molar-refractivity contribution < 1.29 is 9.90 Å². The lowest BCUT2D eigenvalue weighted by atomic mass is 10.4. The summed E-state index contributed by atoms with van der Waals surface area (Å²) in [6, 6.07) is 1.39. The second-order valence-electron chi connectivity index (χ2n) is 4.04. The lowest BCUT2D eigenvalue weighted by Crippen LogP contribution is -2.14. The smallest absolute Gasteiger partial charge is 0.355 e. The molecular formula is C12H14N4O3S. The summed E-state index contributed by atoms with van der Waals surface area (Å²) in [5.41, 5.74) is -0.130. The zero-order valence-electron chi connectivity index (χ0n) is 10.8. The van der Waals surface area contributed by atoms with E-state index in [-0.39, 0.29) is 11.3 Å². The average molecular weight is 294 g/mol. The maximum Gasteiger partial charge on any atom is 0.355 e. The Hall–Kier alpha value is -2.22. The molecule has 0 aliphatic carbocycles. The van der Waals surface area contributed by atoms with E-state index in [4.69, 9.17) is 5.11 Å². The van der Waals surface area contributed by atoms with Crippen molar-refractivity contribution in [2.24, 2.45) is 0 Å². The molecule has 0 spiro atoms. The molecule has 2 heterocycles. The molecule has 2 rings (SSSR count). The van der Waals surface area contributed by atoms with E-state index in [2.05, 4.69) is 20.3 Å². The fraction of sp³-hybridized carbons (Fsp3) is 0.333. The average Bonchev–Trinajstić information content (AvgIpc) is 2.87. The van der Waals surface area contributed by atoms with Crippen molar-refractivity contribution in [2.45, 2.75) is 19.8 Å². The Morgan fingerprint density at radius 2 is 2.30 bits per heavy atom. The molecule has 0 saturated heterocycles. The monoisotopic (exact) mass is 294 g/mol. The van der Waals surface area contributed by atoms with Gasteiger partial charge in [0, 0.05) is 30.8 Å². The standard InChI is InChI=1S/C12H14N4O3S/c1-2-8-15-9(5-10(17)16-8)13-4-3-11-14-7(6-20-11)12(18)19/h5-6H,2-4H2,1H3,(H,18,19)(H2,13,15,16,17). The van der Waals surface area contributed by atoms with Crippen molar-refractivity contribution in [2.75, 3.05) is 11.9 Å². The molecule has 0 fully saturated rings. The minimum absolute atomic E-state index is 0.0625. The summed E-state index contributed by atoms with van der Waals surface area (Å²) in [5.74, 6) is 0.118. The quantitative estimate of drug-likeness (QED) is 0.737. The first-order chi connectivity index (χ1) is 9.58. The highest BCUT2D eigenvalue weighted by Gasteiger charge is 2.08. The first kappa shape index (κ1) is 14.2. The van der Waals surface area contributed by atoms with Gasteiger partial charge in [0.25, 0.3) is 5.56 Å². The van der Waals surface area contributed by atoms with Crippen LogP contribution in [0, 0.1) is 0 Å². The van der Waals surface area contributed by atoms with Crippen LogP contribution in [-0.2, 0) is 12.8 Å². The zero-order chi connectivity index (χ0) is 14.5. The van der Waals surface area contributed by atoms with Crippen molar-refractivity contribution in [3.05, 3.63) is 38.3 Å². The van der Waals surface area contributed by atoms with Gasteiger partial charge in [-0.25, -0.2) is 14.8 Å². The first-order valence-corrected chi connectivity index (χ1v) is 6.98. The highest BCUT2D eigenvalue weighted by Crippen LogP contribution is 2.10. The third-order valence-corrected chi connectivity index (χ3v) is 3.45. The van der Waals surface area contributed by atoms with Crippen LogP contribution in [0.2, 0.25) is 0 Å². The van der Waals surface area contributed by atoms with Crippen molar-refractivity contribution in [3.63, 3.8) is 0 Å². The van der Waals surface area contributed by atoms with E-state index in [1.54, 1.807) is 0 Å². The van der Waals surface area contributed by atoms with E-state index in [1.165, 1.54) is 22.8 Å². The van der Waals surface area contributed by atoms with Gasteiger partial charge >= 0.3 is 5.97 Å². The molecule has 20 heavy (non-hydrogen) atoms. The number of aromatic nitrogens is 3. The van der Waals surface area contributed by atoms with E-state index >= 15 is 0 Å². The Morgan fingerprint density at radius 3 is 2.95 bits per heavy atom. The molecule has 0 amide bonds. The Kier molecular flexibility index (Phi) is 4.46. The number of carbonyl (C=O) groups is 1. The Morgan fingerprint density at radius 1 is 1.50 bits per heavy atom. The van der Waals surface area contributed by atoms with E-state index in [0.29, 0.717) is 31.0 Å². The summed E-state index contributed by atoms with van der Waals surface area (Å²) in [6.07, 6.45) is 1.23. The molecule has 0 aliphatic rings. The maximum absolute atomic E-state index is 11.4. The maximum atomic E-state index is 11.4. The second kappa shape index (κ2) is 6.29. The fourth-order valence-electron chi connectivity index (χ4n) is 1.59. The number of aryl methyl sites for hydroxylation is 1. The summed E-state index contributed by atoms with van der Waals surface area (Å²) in [7, 11) is 0. The molecule has 7 nitrogen and oxygen atoms in total. The second-order valence-corrected chi connectivity index (χ2v) is 4.98. The number of hydrogen-bond acceptors (Lipinski definition) is 6. The van der Waals surface area contributed by atoms with Gasteiger partial charge in [-0.05, 0) is 0 Å². The molecule has 3 N–H and O–H groups in total. The normalized spacial score (nSPS) is 10.4. The summed E-state index contributed by atoms with van der Waals surface area (Å²) in [4.78, 5) is 32.9. The predicted octanol–water partition coefficient (Wildman–Crippen LogP) is 1.14. The molecule has 0 bridgehead atoms. The number of nitrogens with one attached hydrogen (secondary N) is 2. The third kappa shape index (κ3) is 3.64. The number of rotatable bonds is 6. The van der Waals surface area contributed by atoms with Gasteiger partial charge in [-0.2, -0.15) is 0 Å². The molecule has 0 aromatic carbocycles. The molecular weight excluding hydrogens is 280 g/mol. The highest BCUT2D eigenvalue weighted by molar-refractivity contribution is 7.09. The molecule has 2 aromatic heterocycles. The lowest BCUT2D eigenvalue weighted by molar-refractivity contribution is 0.0691. The van der Waals surface area contributed by atoms with Gasteiger partial charge in [-0.3, -0.25) is 4.79 Å². The van der Waals surface area contributed by atoms with E-state index in [1.807, 2.05) is 6.92 Å². The van der Waals surface area contributed by atoms with Crippen LogP contribution in [0.15, 0.2) is 16.2 Å². The predicted molar refractivity (Wildman–Crippen MR) is 75.5 cm³/mol. The lowest BCUT2D eigenvalue weighted by Gasteiger charge is -2.05. The Balaban J connectivity index is 1.93. The van der Waals surface area contributed by atoms with Crippen molar-refractivity contribution in [1.29, 1.82) is 0 Å². The minimum atomic E-state index is -1.02. The number of carboxylic acid groups (broad SMARTS) is 1. The summed E-state index contributed by atoms with van der Waals surface area (Å²) in [6.45, 7) is 2.44. The number of nitrogens with zero attached hydrogens (tertiary/aromatic N) is 2. The third-order valence-electron chi connectivity index (χ3n) is 2.54. The first-order valence-electron chi connectivity index (χ1n) is 6.10. The number of aromatic carboxylic acids is 1. The van der Waals surface area contributed by atoms with Crippen LogP contribution in [0.1, 0.15) is 28.2 Å². The number of anilines is 1. The largest absolute Gasteiger partial charge is 0.476 e. The molecule has 0 aliphatic heterocycles. The number of thiazole rings is 1. The minimum Gasteiger partial charge on any atom is -0.476 e. The summed E-state index contributed by atoms with van der Waals surface area (Å²) < 4.78 is 0. The molecule has 0 radical (unpaired) electrons. The van der Waals surface area contributed by atoms with Gasteiger partial charge < -0.3 is 15.4 Å². The van der Waals surface area contributed by atoms with Gasteiger partial charge in [0.1, 0.15) is 11.6 Å². The number of carboxylic acids is 1. The van der Waals surface area contributed by atoms with Crippen molar-refractivity contribution in [1.82, 2.24) is 15.0 Å². The van der Waals surface area contributed by atoms with Crippen LogP contribution >= 0.6 is 11.3 Å². The fourth-order valence-corrected chi connectivity index (χ4v) is 2.36. The molecule has 2 aromatic rings. The van der Waals surface area contributed by atoms with Crippen LogP contribution in [0.25, 0.3) is 0 Å². The van der Waals surface area contributed by atoms with Crippen LogP contribution in [0.4, 0.5) is 5.82 Å².